The number of sulfone groups is 1. The molecule has 0 bridgehead atoms. The van der Waals surface area contributed by atoms with Gasteiger partial charge in [-0.2, -0.15) is 0 Å². The summed E-state index contributed by atoms with van der Waals surface area (Å²) in [5, 5.41) is 6.31. The molecule has 6 heteroatoms. The molecule has 0 aliphatic heterocycles. The van der Waals surface area contributed by atoms with Gasteiger partial charge in [0.05, 0.1) is 12.3 Å². The van der Waals surface area contributed by atoms with Crippen molar-refractivity contribution in [3.8, 4) is 0 Å². The van der Waals surface area contributed by atoms with Gasteiger partial charge in [0.2, 0.25) is 0 Å². The Morgan fingerprint density at radius 1 is 1.47 bits per heavy atom. The molecule has 15 heavy (non-hydrogen) atoms. The number of guanidine groups is 1. The number of rotatable bonds is 5. The van der Waals surface area contributed by atoms with Crippen molar-refractivity contribution in [1.82, 2.24) is 10.6 Å². The van der Waals surface area contributed by atoms with Crippen molar-refractivity contribution < 1.29 is 8.42 Å². The van der Waals surface area contributed by atoms with Gasteiger partial charge < -0.3 is 10.6 Å². The van der Waals surface area contributed by atoms with E-state index >= 15 is 0 Å². The Morgan fingerprint density at radius 2 is 2.13 bits per heavy atom. The Kier molecular flexibility index (Phi) is 4.38. The van der Waals surface area contributed by atoms with Crippen molar-refractivity contribution in [3.63, 3.8) is 0 Å². The summed E-state index contributed by atoms with van der Waals surface area (Å²) in [6, 6.07) is 0.529. The van der Waals surface area contributed by atoms with E-state index < -0.39 is 9.84 Å². The smallest absolute Gasteiger partial charge is 0.191 e. The van der Waals surface area contributed by atoms with Crippen LogP contribution in [0.1, 0.15) is 19.8 Å². The fraction of sp³-hybridized carbons (Fsp3) is 0.889. The monoisotopic (exact) mass is 233 g/mol. The first kappa shape index (κ1) is 12.3. The predicted octanol–water partition coefficient (Wildman–Crippen LogP) is -0.251. The van der Waals surface area contributed by atoms with Gasteiger partial charge in [-0.1, -0.05) is 0 Å². The van der Waals surface area contributed by atoms with Crippen LogP contribution in [0.4, 0.5) is 0 Å². The topological polar surface area (TPSA) is 70.6 Å². The zero-order valence-corrected chi connectivity index (χ0v) is 10.1. The van der Waals surface area contributed by atoms with Crippen LogP contribution in [0.25, 0.3) is 0 Å². The van der Waals surface area contributed by atoms with Gasteiger partial charge in [-0.05, 0) is 19.8 Å². The molecular weight excluding hydrogens is 214 g/mol. The third kappa shape index (κ3) is 6.33. The Balaban J connectivity index is 2.35. The van der Waals surface area contributed by atoms with Crippen LogP contribution in [-0.4, -0.2) is 45.5 Å². The summed E-state index contributed by atoms with van der Waals surface area (Å²) in [5.41, 5.74) is 0. The van der Waals surface area contributed by atoms with Gasteiger partial charge in [-0.3, -0.25) is 4.99 Å². The van der Waals surface area contributed by atoms with Crippen LogP contribution >= 0.6 is 0 Å². The Hall–Kier alpha value is -0.780. The van der Waals surface area contributed by atoms with Crippen molar-refractivity contribution in [3.05, 3.63) is 0 Å². The Bertz CT molecular complexity index is 320. The lowest BCUT2D eigenvalue weighted by Gasteiger charge is -2.09. The Morgan fingerprint density at radius 3 is 2.60 bits per heavy atom. The minimum absolute atomic E-state index is 0.105. The van der Waals surface area contributed by atoms with Gasteiger partial charge in [0.1, 0.15) is 9.84 Å². The summed E-state index contributed by atoms with van der Waals surface area (Å²) in [5.74, 6) is 0.831. The highest BCUT2D eigenvalue weighted by Crippen LogP contribution is 2.18. The number of aliphatic imine (C=N–C) groups is 1. The van der Waals surface area contributed by atoms with Crippen LogP contribution in [-0.2, 0) is 9.84 Å². The lowest BCUT2D eigenvalue weighted by atomic mass is 10.6. The maximum absolute atomic E-state index is 10.9. The van der Waals surface area contributed by atoms with Crippen LogP contribution in [0.15, 0.2) is 4.99 Å². The quantitative estimate of drug-likeness (QED) is 0.507. The highest BCUT2D eigenvalue weighted by atomic mass is 32.2. The zero-order chi connectivity index (χ0) is 11.3. The van der Waals surface area contributed by atoms with Gasteiger partial charge in [0.15, 0.2) is 5.96 Å². The van der Waals surface area contributed by atoms with Crippen molar-refractivity contribution in [2.45, 2.75) is 25.8 Å². The van der Waals surface area contributed by atoms with Gasteiger partial charge in [0, 0.05) is 18.8 Å². The fourth-order valence-corrected chi connectivity index (χ4v) is 1.49. The molecule has 1 fully saturated rings. The normalized spacial score (nSPS) is 17.6. The Labute approximate surface area is 91.3 Å². The van der Waals surface area contributed by atoms with Crippen LogP contribution in [0.5, 0.6) is 0 Å². The molecule has 0 atom stereocenters. The second kappa shape index (κ2) is 5.34. The second-order valence-corrected chi connectivity index (χ2v) is 6.07. The molecule has 1 saturated carbocycles. The lowest BCUT2D eigenvalue weighted by molar-refractivity contribution is 0.601. The summed E-state index contributed by atoms with van der Waals surface area (Å²) in [6.07, 6.45) is 3.58. The lowest BCUT2D eigenvalue weighted by Crippen LogP contribution is -2.38. The van der Waals surface area contributed by atoms with E-state index in [0.29, 0.717) is 12.6 Å². The summed E-state index contributed by atoms with van der Waals surface area (Å²) >= 11 is 0. The SMILES string of the molecule is CCNC(=NCCS(C)(=O)=O)NC1CC1. The number of hydrogen-bond donors (Lipinski definition) is 2. The number of hydrogen-bond acceptors (Lipinski definition) is 3. The second-order valence-electron chi connectivity index (χ2n) is 3.81. The molecule has 0 saturated heterocycles. The van der Waals surface area contributed by atoms with Gasteiger partial charge in [-0.15, -0.1) is 0 Å². The molecule has 88 valence electrons. The molecule has 0 amide bonds. The molecule has 1 aliphatic rings. The molecule has 2 N–H and O–H groups in total. The predicted molar refractivity (Wildman–Crippen MR) is 61.8 cm³/mol. The molecular formula is C9H19N3O2S. The molecule has 5 nitrogen and oxygen atoms in total. The highest BCUT2D eigenvalue weighted by molar-refractivity contribution is 7.90. The largest absolute Gasteiger partial charge is 0.357 e. The molecule has 0 heterocycles. The average Bonchev–Trinajstić information content (AvgIpc) is 2.86. The van der Waals surface area contributed by atoms with E-state index in [4.69, 9.17) is 0 Å². The maximum Gasteiger partial charge on any atom is 0.191 e. The maximum atomic E-state index is 10.9. The zero-order valence-electron chi connectivity index (χ0n) is 9.28. The molecule has 1 rings (SSSR count). The van der Waals surface area contributed by atoms with Crippen LogP contribution in [0.3, 0.4) is 0 Å². The van der Waals surface area contributed by atoms with Crippen LogP contribution in [0, 0.1) is 0 Å². The van der Waals surface area contributed by atoms with E-state index in [1.807, 2.05) is 6.92 Å². The summed E-state index contributed by atoms with van der Waals surface area (Å²) < 4.78 is 21.8. The number of nitrogens with one attached hydrogen (secondary N) is 2. The summed E-state index contributed by atoms with van der Waals surface area (Å²) in [4.78, 5) is 4.19. The van der Waals surface area contributed by atoms with Crippen LogP contribution in [0.2, 0.25) is 0 Å². The third-order valence-electron chi connectivity index (χ3n) is 1.99. The molecule has 0 unspecified atom stereocenters. The van der Waals surface area contributed by atoms with Crippen molar-refractivity contribution in [1.29, 1.82) is 0 Å². The van der Waals surface area contributed by atoms with E-state index in [1.165, 1.54) is 19.1 Å². The van der Waals surface area contributed by atoms with Gasteiger partial charge in [0.25, 0.3) is 0 Å². The fourth-order valence-electron chi connectivity index (χ4n) is 1.06. The summed E-state index contributed by atoms with van der Waals surface area (Å²) in [6.45, 7) is 3.10. The van der Waals surface area contributed by atoms with Crippen molar-refractivity contribution >= 4 is 15.8 Å². The number of nitrogens with zero attached hydrogens (tertiary/aromatic N) is 1. The molecule has 0 aromatic heterocycles. The first-order chi connectivity index (χ1) is 7.01. The van der Waals surface area contributed by atoms with Crippen molar-refractivity contribution in [2.24, 2.45) is 4.99 Å². The van der Waals surface area contributed by atoms with E-state index in [-0.39, 0.29) is 5.75 Å². The van der Waals surface area contributed by atoms with E-state index in [9.17, 15) is 8.42 Å². The van der Waals surface area contributed by atoms with E-state index in [0.717, 1.165) is 12.5 Å². The van der Waals surface area contributed by atoms with E-state index in [2.05, 4.69) is 15.6 Å². The molecule has 0 spiro atoms. The molecule has 0 radical (unpaired) electrons. The third-order valence-corrected chi connectivity index (χ3v) is 2.92. The first-order valence-corrected chi connectivity index (χ1v) is 7.30. The summed E-state index contributed by atoms with van der Waals surface area (Å²) in [7, 11) is -2.91. The molecule has 0 aromatic rings. The van der Waals surface area contributed by atoms with Crippen LogP contribution < -0.4 is 10.6 Å². The molecule has 1 aliphatic carbocycles. The minimum Gasteiger partial charge on any atom is -0.357 e. The average molecular weight is 233 g/mol. The highest BCUT2D eigenvalue weighted by Gasteiger charge is 2.21. The standard InChI is InChI=1S/C9H19N3O2S/c1-3-10-9(12-8-4-5-8)11-6-7-15(2,13)14/h8H,3-7H2,1-2H3,(H2,10,11,12). The van der Waals surface area contributed by atoms with Gasteiger partial charge >= 0.3 is 0 Å². The van der Waals surface area contributed by atoms with Gasteiger partial charge in [-0.25, -0.2) is 8.42 Å². The molecule has 0 aromatic carbocycles. The first-order valence-electron chi connectivity index (χ1n) is 5.24. The van der Waals surface area contributed by atoms with E-state index in [1.54, 1.807) is 0 Å². The van der Waals surface area contributed by atoms with Crippen molar-refractivity contribution in [2.75, 3.05) is 25.1 Å². The minimum atomic E-state index is -2.91.